The molecule has 26 heavy (non-hydrogen) atoms. The molecular formula is C19H18Cl3N3O. The van der Waals surface area contributed by atoms with Crippen molar-refractivity contribution in [1.29, 1.82) is 0 Å². The number of ether oxygens (including phenoxy) is 1. The van der Waals surface area contributed by atoms with E-state index in [9.17, 15) is 0 Å². The number of nitrogens with two attached hydrogens (primary N) is 1. The molecule has 0 bridgehead atoms. The Labute approximate surface area is 168 Å². The molecular weight excluding hydrogens is 393 g/mol. The SMILES string of the molecule is Cl.N[C@@H]1CCCOc2c1nn(-c1ccccc1Cl)c2-c1ccc(Cl)cc1. The highest BCUT2D eigenvalue weighted by Crippen LogP contribution is 2.41. The molecule has 7 heteroatoms. The first-order valence-corrected chi connectivity index (χ1v) is 8.93. The minimum Gasteiger partial charge on any atom is -0.489 e. The second kappa shape index (κ2) is 7.89. The third kappa shape index (κ3) is 3.42. The molecule has 1 aromatic heterocycles. The van der Waals surface area contributed by atoms with E-state index in [1.165, 1.54) is 0 Å². The van der Waals surface area contributed by atoms with Crippen LogP contribution in [0, 0.1) is 0 Å². The maximum absolute atomic E-state index is 6.42. The second-order valence-electron chi connectivity index (χ2n) is 6.03. The van der Waals surface area contributed by atoms with E-state index in [0.717, 1.165) is 41.2 Å². The first-order valence-electron chi connectivity index (χ1n) is 8.17. The molecule has 0 radical (unpaired) electrons. The highest BCUT2D eigenvalue weighted by atomic mass is 35.5. The van der Waals surface area contributed by atoms with Gasteiger partial charge in [0.1, 0.15) is 11.4 Å². The van der Waals surface area contributed by atoms with Gasteiger partial charge in [-0.3, -0.25) is 0 Å². The van der Waals surface area contributed by atoms with Crippen LogP contribution in [0.2, 0.25) is 10.0 Å². The Morgan fingerprint density at radius 2 is 1.81 bits per heavy atom. The van der Waals surface area contributed by atoms with Crippen LogP contribution in [0.15, 0.2) is 48.5 Å². The van der Waals surface area contributed by atoms with Gasteiger partial charge in [0.05, 0.1) is 23.4 Å². The summed E-state index contributed by atoms with van der Waals surface area (Å²) in [5.74, 6) is 0.729. The van der Waals surface area contributed by atoms with E-state index in [0.29, 0.717) is 16.7 Å². The van der Waals surface area contributed by atoms with E-state index in [4.69, 9.17) is 38.8 Å². The van der Waals surface area contributed by atoms with Gasteiger partial charge in [-0.2, -0.15) is 5.10 Å². The number of nitrogens with zero attached hydrogens (tertiary/aromatic N) is 2. The van der Waals surface area contributed by atoms with Crippen molar-refractivity contribution >= 4 is 35.6 Å². The summed E-state index contributed by atoms with van der Waals surface area (Å²) in [6.45, 7) is 0.621. The lowest BCUT2D eigenvalue weighted by Gasteiger charge is -2.11. The molecule has 0 amide bonds. The molecule has 2 aromatic carbocycles. The fourth-order valence-electron chi connectivity index (χ4n) is 3.08. The molecule has 0 saturated heterocycles. The number of hydrogen-bond donors (Lipinski definition) is 1. The second-order valence-corrected chi connectivity index (χ2v) is 6.87. The van der Waals surface area contributed by atoms with Crippen molar-refractivity contribution in [3.05, 3.63) is 64.3 Å². The Morgan fingerprint density at radius 3 is 2.54 bits per heavy atom. The van der Waals surface area contributed by atoms with Gasteiger partial charge in [0, 0.05) is 10.6 Å². The largest absolute Gasteiger partial charge is 0.489 e. The summed E-state index contributed by atoms with van der Waals surface area (Å²) in [6, 6.07) is 15.0. The molecule has 1 atom stereocenters. The Hall–Kier alpha value is -1.72. The van der Waals surface area contributed by atoms with E-state index in [1.807, 2.05) is 53.2 Å². The van der Waals surface area contributed by atoms with Gasteiger partial charge in [-0.05, 0) is 37.1 Å². The average molecular weight is 411 g/mol. The Balaban J connectivity index is 0.00000196. The van der Waals surface area contributed by atoms with Gasteiger partial charge in [0.2, 0.25) is 0 Å². The van der Waals surface area contributed by atoms with E-state index in [2.05, 4.69) is 0 Å². The molecule has 1 aliphatic heterocycles. The van der Waals surface area contributed by atoms with E-state index in [1.54, 1.807) is 0 Å². The van der Waals surface area contributed by atoms with Gasteiger partial charge >= 0.3 is 0 Å². The number of para-hydroxylation sites is 1. The smallest absolute Gasteiger partial charge is 0.170 e. The van der Waals surface area contributed by atoms with Gasteiger partial charge in [0.15, 0.2) is 5.75 Å². The third-order valence-electron chi connectivity index (χ3n) is 4.32. The maximum Gasteiger partial charge on any atom is 0.170 e. The van der Waals surface area contributed by atoms with Crippen molar-refractivity contribution in [3.8, 4) is 22.7 Å². The molecule has 4 rings (SSSR count). The molecule has 0 saturated carbocycles. The number of hydrogen-bond acceptors (Lipinski definition) is 3. The predicted octanol–water partition coefficient (Wildman–Crippen LogP) is 5.44. The third-order valence-corrected chi connectivity index (χ3v) is 4.89. The van der Waals surface area contributed by atoms with Gasteiger partial charge in [-0.15, -0.1) is 12.4 Å². The van der Waals surface area contributed by atoms with Crippen molar-refractivity contribution in [2.75, 3.05) is 6.61 Å². The first-order chi connectivity index (χ1) is 12.1. The van der Waals surface area contributed by atoms with Crippen LogP contribution >= 0.6 is 35.6 Å². The van der Waals surface area contributed by atoms with Gasteiger partial charge in [-0.25, -0.2) is 4.68 Å². The summed E-state index contributed by atoms with van der Waals surface area (Å²) >= 11 is 12.5. The van der Waals surface area contributed by atoms with Crippen molar-refractivity contribution < 1.29 is 4.74 Å². The van der Waals surface area contributed by atoms with E-state index < -0.39 is 0 Å². The zero-order chi connectivity index (χ0) is 17.4. The standard InChI is InChI=1S/C19H17Cl2N3O.ClH/c20-13-9-7-12(8-10-13)18-19-17(15(22)5-3-11-25-19)23-24(18)16-6-2-1-4-14(16)21;/h1-2,4,6-10,15H,3,5,11,22H2;1H/t15-;/m1./s1. The molecule has 1 aliphatic rings. The summed E-state index contributed by atoms with van der Waals surface area (Å²) < 4.78 is 7.86. The molecule has 0 aliphatic carbocycles. The molecule has 0 unspecified atom stereocenters. The van der Waals surface area contributed by atoms with Crippen molar-refractivity contribution in [2.24, 2.45) is 5.73 Å². The van der Waals surface area contributed by atoms with Crippen molar-refractivity contribution in [3.63, 3.8) is 0 Å². The summed E-state index contributed by atoms with van der Waals surface area (Å²) in [5.41, 5.74) is 9.69. The van der Waals surface area contributed by atoms with E-state index >= 15 is 0 Å². The normalized spacial score (nSPS) is 16.2. The molecule has 2 heterocycles. The minimum atomic E-state index is -0.160. The monoisotopic (exact) mass is 409 g/mol. The Bertz CT molecular complexity index is 909. The van der Waals surface area contributed by atoms with Crippen molar-refractivity contribution in [1.82, 2.24) is 9.78 Å². The van der Waals surface area contributed by atoms with Crippen LogP contribution in [0.4, 0.5) is 0 Å². The summed E-state index contributed by atoms with van der Waals surface area (Å²) in [4.78, 5) is 0. The van der Waals surface area contributed by atoms with Gasteiger partial charge in [-0.1, -0.05) is 47.5 Å². The number of halogens is 3. The Kier molecular flexibility index (Phi) is 5.78. The Morgan fingerprint density at radius 1 is 1.08 bits per heavy atom. The van der Waals surface area contributed by atoms with Crippen LogP contribution in [0.5, 0.6) is 5.75 Å². The van der Waals surface area contributed by atoms with E-state index in [-0.39, 0.29) is 18.4 Å². The summed E-state index contributed by atoms with van der Waals surface area (Å²) in [6.07, 6.45) is 1.75. The van der Waals surface area contributed by atoms with Crippen LogP contribution < -0.4 is 10.5 Å². The van der Waals surface area contributed by atoms with Crippen LogP contribution in [0.3, 0.4) is 0 Å². The predicted molar refractivity (Wildman–Crippen MR) is 108 cm³/mol. The van der Waals surface area contributed by atoms with Crippen LogP contribution in [-0.2, 0) is 0 Å². The lowest BCUT2D eigenvalue weighted by Crippen LogP contribution is -2.11. The zero-order valence-electron chi connectivity index (χ0n) is 13.9. The number of rotatable bonds is 2. The molecule has 2 N–H and O–H groups in total. The lowest BCUT2D eigenvalue weighted by atomic mass is 10.1. The average Bonchev–Trinajstić information content (AvgIpc) is 2.89. The van der Waals surface area contributed by atoms with Crippen LogP contribution in [0.1, 0.15) is 24.6 Å². The topological polar surface area (TPSA) is 53.1 Å². The molecule has 0 spiro atoms. The molecule has 136 valence electrons. The molecule has 0 fully saturated rings. The molecule has 4 nitrogen and oxygen atoms in total. The highest BCUT2D eigenvalue weighted by Gasteiger charge is 2.28. The van der Waals surface area contributed by atoms with Crippen LogP contribution in [0.25, 0.3) is 16.9 Å². The first kappa shape index (κ1) is 19.1. The lowest BCUT2D eigenvalue weighted by molar-refractivity contribution is 0.317. The summed E-state index contributed by atoms with van der Waals surface area (Å²) in [7, 11) is 0. The fourth-order valence-corrected chi connectivity index (χ4v) is 3.42. The molecule has 3 aromatic rings. The highest BCUT2D eigenvalue weighted by molar-refractivity contribution is 6.32. The number of benzene rings is 2. The quantitative estimate of drug-likeness (QED) is 0.612. The number of fused-ring (bicyclic) bond motifs is 1. The van der Waals surface area contributed by atoms with Crippen LogP contribution in [-0.4, -0.2) is 16.4 Å². The van der Waals surface area contributed by atoms with Crippen molar-refractivity contribution in [2.45, 2.75) is 18.9 Å². The fraction of sp³-hybridized carbons (Fsp3) is 0.211. The van der Waals surface area contributed by atoms with Gasteiger partial charge in [0.25, 0.3) is 0 Å². The zero-order valence-corrected chi connectivity index (χ0v) is 16.2. The van der Waals surface area contributed by atoms with Gasteiger partial charge < -0.3 is 10.5 Å². The summed E-state index contributed by atoms with van der Waals surface area (Å²) in [5, 5.41) is 6.06. The number of aromatic nitrogens is 2. The minimum absolute atomic E-state index is 0. The maximum atomic E-state index is 6.42.